The maximum absolute atomic E-state index is 6.32. The summed E-state index contributed by atoms with van der Waals surface area (Å²) in [5.74, 6) is 2.22. The number of hydrogen-bond acceptors (Lipinski definition) is 3. The van der Waals surface area contributed by atoms with E-state index in [-0.39, 0.29) is 0 Å². The van der Waals surface area contributed by atoms with E-state index in [2.05, 4.69) is 161 Å². The van der Waals surface area contributed by atoms with E-state index in [1.165, 1.54) is 43.4 Å². The number of benzene rings is 9. The number of fused-ring (bicyclic) bond motifs is 11. The van der Waals surface area contributed by atoms with Crippen LogP contribution in [0, 0.1) is 0 Å². The van der Waals surface area contributed by atoms with Crippen molar-refractivity contribution in [2.24, 2.45) is 0 Å². The molecule has 0 aliphatic carbocycles. The molecule has 1 aliphatic heterocycles. The average Bonchev–Trinajstić information content (AvgIpc) is 3.79. The van der Waals surface area contributed by atoms with Crippen LogP contribution in [0.5, 0.6) is 11.5 Å². The third-order valence-electron chi connectivity index (χ3n) is 11.9. The van der Waals surface area contributed by atoms with Crippen molar-refractivity contribution in [1.82, 2.24) is 19.1 Å². The molecule has 57 heavy (non-hydrogen) atoms. The lowest BCUT2D eigenvalue weighted by atomic mass is 10.0. The van der Waals surface area contributed by atoms with Crippen molar-refractivity contribution in [2.75, 3.05) is 0 Å². The predicted octanol–water partition coefficient (Wildman–Crippen LogP) is 13.6. The van der Waals surface area contributed by atoms with Crippen LogP contribution in [0.15, 0.2) is 182 Å². The van der Waals surface area contributed by atoms with Gasteiger partial charge in [0, 0.05) is 38.2 Å². The van der Waals surface area contributed by atoms with E-state index in [1.54, 1.807) is 0 Å². The van der Waals surface area contributed by atoms with Crippen LogP contribution < -0.4 is 4.74 Å². The highest BCUT2D eigenvalue weighted by atomic mass is 16.5. The molecule has 0 N–H and O–H groups in total. The molecule has 0 unspecified atom stereocenters. The molecular weight excluding hydrogens is 697 g/mol. The second kappa shape index (κ2) is 11.4. The lowest BCUT2D eigenvalue weighted by Gasteiger charge is -2.21. The molecule has 1 aliphatic rings. The number of rotatable bonds is 3. The Morgan fingerprint density at radius 1 is 0.404 bits per heavy atom. The Morgan fingerprint density at radius 3 is 2.05 bits per heavy atom. The zero-order valence-electron chi connectivity index (χ0n) is 30.5. The van der Waals surface area contributed by atoms with Gasteiger partial charge >= 0.3 is 0 Å². The van der Waals surface area contributed by atoms with Gasteiger partial charge in [0.05, 0.1) is 38.7 Å². The van der Waals surface area contributed by atoms with Crippen LogP contribution in [0.25, 0.3) is 110 Å². The van der Waals surface area contributed by atoms with Crippen LogP contribution in [0.4, 0.5) is 0 Å². The summed E-state index contributed by atoms with van der Waals surface area (Å²) < 4.78 is 11.0. The van der Waals surface area contributed by atoms with E-state index >= 15 is 0 Å². The number of hydrogen-bond donors (Lipinski definition) is 0. The molecule has 12 aromatic rings. The Hall–Kier alpha value is -7.76. The first-order chi connectivity index (χ1) is 28.2. The van der Waals surface area contributed by atoms with Crippen LogP contribution in [0.2, 0.25) is 0 Å². The van der Waals surface area contributed by atoms with Crippen LogP contribution in [-0.2, 0) is 0 Å². The lowest BCUT2D eigenvalue weighted by molar-refractivity contribution is 0.486. The molecule has 4 heterocycles. The van der Waals surface area contributed by atoms with Gasteiger partial charge in [0.1, 0.15) is 11.5 Å². The standard InChI is InChI=1S/C52H30N4O/c1-2-12-33-28-36(24-20-31(33)10-1)55-45-27-23-34(29-42(45)40-26-21-32-11-3-4-13-37(32)51(40)55)35-22-25-39-38-14-5-7-17-44(38)56(46(39)30-35)52-53-43-16-9-19-48-49(43)50(54-52)41-15-6-8-18-47(41)57-48/h1-30H. The van der Waals surface area contributed by atoms with E-state index in [1.807, 2.05) is 30.3 Å². The molecule has 264 valence electrons. The highest BCUT2D eigenvalue weighted by Gasteiger charge is 2.25. The average molecular weight is 727 g/mol. The van der Waals surface area contributed by atoms with Crippen molar-refractivity contribution in [1.29, 1.82) is 0 Å². The Kier molecular flexibility index (Phi) is 6.10. The van der Waals surface area contributed by atoms with Crippen molar-refractivity contribution in [3.63, 3.8) is 0 Å². The Morgan fingerprint density at radius 2 is 1.11 bits per heavy atom. The van der Waals surface area contributed by atoms with Crippen molar-refractivity contribution in [2.45, 2.75) is 0 Å². The molecule has 9 aromatic carbocycles. The van der Waals surface area contributed by atoms with Crippen molar-refractivity contribution in [3.05, 3.63) is 182 Å². The second-order valence-corrected chi connectivity index (χ2v) is 15.0. The topological polar surface area (TPSA) is 44.9 Å². The second-order valence-electron chi connectivity index (χ2n) is 15.0. The fourth-order valence-corrected chi connectivity index (χ4v) is 9.30. The normalized spacial score (nSPS) is 12.4. The molecule has 0 amide bonds. The van der Waals surface area contributed by atoms with E-state index in [9.17, 15) is 0 Å². The molecule has 0 spiro atoms. The van der Waals surface area contributed by atoms with E-state index in [4.69, 9.17) is 14.7 Å². The van der Waals surface area contributed by atoms with Gasteiger partial charge in [0.2, 0.25) is 5.95 Å². The number of aromatic nitrogens is 4. The van der Waals surface area contributed by atoms with Crippen LogP contribution >= 0.6 is 0 Å². The van der Waals surface area contributed by atoms with Gasteiger partial charge in [0.25, 0.3) is 0 Å². The number of ether oxygens (including phenoxy) is 1. The third-order valence-corrected chi connectivity index (χ3v) is 11.9. The molecule has 0 atom stereocenters. The molecule has 5 heteroatoms. The molecule has 0 radical (unpaired) electrons. The quantitative estimate of drug-likeness (QED) is 0.182. The highest BCUT2D eigenvalue weighted by molar-refractivity contribution is 6.19. The van der Waals surface area contributed by atoms with Crippen LogP contribution in [0.1, 0.15) is 0 Å². The summed E-state index contributed by atoms with van der Waals surface area (Å²) in [7, 11) is 0. The summed E-state index contributed by atoms with van der Waals surface area (Å²) in [6, 6.07) is 65.1. The van der Waals surface area contributed by atoms with E-state index in [0.717, 1.165) is 72.3 Å². The van der Waals surface area contributed by atoms with Crippen LogP contribution in [0.3, 0.4) is 0 Å². The summed E-state index contributed by atoms with van der Waals surface area (Å²) in [5, 5.41) is 10.6. The highest BCUT2D eigenvalue weighted by Crippen LogP contribution is 2.46. The molecule has 0 fully saturated rings. The van der Waals surface area contributed by atoms with E-state index in [0.29, 0.717) is 5.95 Å². The first-order valence-corrected chi connectivity index (χ1v) is 19.3. The minimum atomic E-state index is 0.635. The van der Waals surface area contributed by atoms with Gasteiger partial charge in [0.15, 0.2) is 0 Å². The number of nitrogens with zero attached hydrogens (tertiary/aromatic N) is 4. The SMILES string of the molecule is c1ccc2c(c1)Oc1cccc3nc(-n4c5ccccc5c5ccc(-c6ccc7c(c6)c6ccc8ccccc8c6n7-c6ccc7ccccc7c6)cc54)nc-2c13. The maximum Gasteiger partial charge on any atom is 0.235 e. The summed E-state index contributed by atoms with van der Waals surface area (Å²) in [4.78, 5) is 10.6. The molecule has 0 saturated heterocycles. The zero-order valence-corrected chi connectivity index (χ0v) is 30.5. The van der Waals surface area contributed by atoms with Gasteiger partial charge in [-0.1, -0.05) is 121 Å². The van der Waals surface area contributed by atoms with Crippen molar-refractivity contribution in [3.8, 4) is 45.5 Å². The minimum Gasteiger partial charge on any atom is -0.456 e. The van der Waals surface area contributed by atoms with Gasteiger partial charge in [-0.3, -0.25) is 4.57 Å². The maximum atomic E-state index is 6.32. The molecule has 3 aromatic heterocycles. The largest absolute Gasteiger partial charge is 0.456 e. The van der Waals surface area contributed by atoms with Crippen LogP contribution in [-0.4, -0.2) is 19.1 Å². The summed E-state index contributed by atoms with van der Waals surface area (Å²) >= 11 is 0. The van der Waals surface area contributed by atoms with Gasteiger partial charge in [-0.05, 0) is 87.9 Å². The Balaban J connectivity index is 1.05. The Labute approximate surface area is 326 Å². The van der Waals surface area contributed by atoms with Gasteiger partial charge in [-0.15, -0.1) is 0 Å². The van der Waals surface area contributed by atoms with Crippen molar-refractivity contribution < 1.29 is 4.74 Å². The summed E-state index contributed by atoms with van der Waals surface area (Å²) in [5.41, 5.74) is 10.7. The smallest absolute Gasteiger partial charge is 0.235 e. The van der Waals surface area contributed by atoms with E-state index < -0.39 is 0 Å². The lowest BCUT2D eigenvalue weighted by Crippen LogP contribution is -2.06. The van der Waals surface area contributed by atoms with Gasteiger partial charge < -0.3 is 9.30 Å². The minimum absolute atomic E-state index is 0.635. The third kappa shape index (κ3) is 4.34. The zero-order chi connectivity index (χ0) is 37.2. The first kappa shape index (κ1) is 30.6. The summed E-state index contributed by atoms with van der Waals surface area (Å²) in [6.07, 6.45) is 0. The summed E-state index contributed by atoms with van der Waals surface area (Å²) in [6.45, 7) is 0. The molecular formula is C52H30N4O. The fraction of sp³-hybridized carbons (Fsp3) is 0. The predicted molar refractivity (Wildman–Crippen MR) is 234 cm³/mol. The molecule has 5 nitrogen and oxygen atoms in total. The monoisotopic (exact) mass is 726 g/mol. The van der Waals surface area contributed by atoms with Gasteiger partial charge in [-0.25, -0.2) is 9.97 Å². The molecule has 13 rings (SSSR count). The Bertz CT molecular complexity index is 3690. The molecule has 0 saturated carbocycles. The van der Waals surface area contributed by atoms with Gasteiger partial charge in [-0.2, -0.15) is 0 Å². The first-order valence-electron chi connectivity index (χ1n) is 19.3. The number of para-hydroxylation sites is 2. The fourth-order valence-electron chi connectivity index (χ4n) is 9.30. The van der Waals surface area contributed by atoms with Crippen molar-refractivity contribution >= 4 is 76.1 Å². The molecule has 0 bridgehead atoms.